The summed E-state index contributed by atoms with van der Waals surface area (Å²) in [6.07, 6.45) is 0.809. The third-order valence-corrected chi connectivity index (χ3v) is 5.91. The zero-order valence-electron chi connectivity index (χ0n) is 10.7. The van der Waals surface area contributed by atoms with Crippen molar-refractivity contribution < 1.29 is 18.8 Å². The topological polar surface area (TPSA) is 81.4 Å². The van der Waals surface area contributed by atoms with E-state index < -0.39 is 0 Å². The van der Waals surface area contributed by atoms with E-state index in [-0.39, 0.29) is 46.5 Å². The molecule has 3 fully saturated rings. The van der Waals surface area contributed by atoms with Crippen LogP contribution in [0.25, 0.3) is 0 Å². The lowest BCUT2D eigenvalue weighted by Crippen LogP contribution is -2.40. The zero-order valence-corrected chi connectivity index (χ0v) is 12.3. The van der Waals surface area contributed by atoms with E-state index in [0.717, 1.165) is 6.42 Å². The lowest BCUT2D eigenvalue weighted by Gasteiger charge is -2.27. The molecule has 4 rings (SSSR count). The Morgan fingerprint density at radius 2 is 2.30 bits per heavy atom. The first kappa shape index (κ1) is 12.4. The molecule has 2 bridgehead atoms. The second kappa shape index (κ2) is 4.07. The molecule has 20 heavy (non-hydrogen) atoms. The zero-order chi connectivity index (χ0) is 14.0. The lowest BCUT2D eigenvalue weighted by atomic mass is 9.79. The third-order valence-electron chi connectivity index (χ3n) is 4.71. The van der Waals surface area contributed by atoms with Crippen molar-refractivity contribution >= 4 is 33.6 Å². The molecule has 1 saturated heterocycles. The van der Waals surface area contributed by atoms with Gasteiger partial charge in [0.2, 0.25) is 5.91 Å². The van der Waals surface area contributed by atoms with E-state index in [2.05, 4.69) is 26.4 Å². The molecule has 1 aliphatic heterocycles. The van der Waals surface area contributed by atoms with Crippen LogP contribution in [-0.4, -0.2) is 28.0 Å². The van der Waals surface area contributed by atoms with Crippen molar-refractivity contribution in [2.45, 2.75) is 24.3 Å². The summed E-state index contributed by atoms with van der Waals surface area (Å²) >= 11 is 3.58. The van der Waals surface area contributed by atoms with E-state index in [1.807, 2.05) is 0 Å². The Morgan fingerprint density at radius 3 is 3.00 bits per heavy atom. The second-order valence-electron chi connectivity index (χ2n) is 5.77. The van der Waals surface area contributed by atoms with Crippen molar-refractivity contribution in [2.75, 3.05) is 5.32 Å². The van der Waals surface area contributed by atoms with Crippen LogP contribution in [0.1, 0.15) is 12.2 Å². The van der Waals surface area contributed by atoms with Crippen molar-refractivity contribution in [3.8, 4) is 0 Å². The number of aryl methyl sites for hydroxylation is 1. The minimum atomic E-state index is -0.340. The van der Waals surface area contributed by atoms with E-state index in [4.69, 9.17) is 9.26 Å². The number of rotatable bonds is 2. The summed E-state index contributed by atoms with van der Waals surface area (Å²) in [4.78, 5) is 24.5. The van der Waals surface area contributed by atoms with Crippen molar-refractivity contribution in [2.24, 2.45) is 23.7 Å². The van der Waals surface area contributed by atoms with Gasteiger partial charge in [0.05, 0.1) is 16.7 Å². The highest BCUT2D eigenvalue weighted by Crippen LogP contribution is 2.59. The number of ether oxygens (including phenoxy) is 1. The molecule has 7 heteroatoms. The molecule has 0 unspecified atom stereocenters. The summed E-state index contributed by atoms with van der Waals surface area (Å²) in [7, 11) is 0. The Kier molecular flexibility index (Phi) is 2.52. The van der Waals surface area contributed by atoms with Crippen LogP contribution < -0.4 is 5.32 Å². The maximum atomic E-state index is 12.5. The van der Waals surface area contributed by atoms with Crippen LogP contribution in [0, 0.1) is 30.6 Å². The van der Waals surface area contributed by atoms with Crippen LogP contribution in [0.3, 0.4) is 0 Å². The number of alkyl halides is 1. The fraction of sp³-hybridized carbons (Fsp3) is 0.615. The van der Waals surface area contributed by atoms with Crippen LogP contribution in [0.5, 0.6) is 0 Å². The number of hydrogen-bond acceptors (Lipinski definition) is 5. The van der Waals surface area contributed by atoms with Crippen molar-refractivity contribution in [3.63, 3.8) is 0 Å². The largest absolute Gasteiger partial charge is 0.461 e. The van der Waals surface area contributed by atoms with Crippen LogP contribution in [-0.2, 0) is 14.3 Å². The number of anilines is 1. The van der Waals surface area contributed by atoms with Crippen LogP contribution in [0.4, 0.5) is 5.82 Å². The molecule has 1 aromatic heterocycles. The Hall–Kier alpha value is -1.37. The molecule has 2 aliphatic carbocycles. The van der Waals surface area contributed by atoms with Gasteiger partial charge in [-0.15, -0.1) is 0 Å². The number of halogens is 1. The fourth-order valence-electron chi connectivity index (χ4n) is 3.97. The Labute approximate surface area is 123 Å². The highest BCUT2D eigenvalue weighted by molar-refractivity contribution is 9.09. The quantitative estimate of drug-likeness (QED) is 0.651. The average molecular weight is 341 g/mol. The van der Waals surface area contributed by atoms with Gasteiger partial charge in [-0.2, -0.15) is 0 Å². The van der Waals surface area contributed by atoms with Gasteiger partial charge in [-0.3, -0.25) is 9.59 Å². The Bertz CT molecular complexity index is 601. The van der Waals surface area contributed by atoms with E-state index in [9.17, 15) is 9.59 Å². The SMILES string of the molecule is Cc1cc(NC(=O)[C@@H]2[C@H]3C[C@H]4[C@H](OC(=O)[C@@H]42)[C@@H]3Br)no1. The van der Waals surface area contributed by atoms with Crippen LogP contribution in [0.2, 0.25) is 0 Å². The summed E-state index contributed by atoms with van der Waals surface area (Å²) in [5.74, 6) is 0.301. The third kappa shape index (κ3) is 1.52. The first-order chi connectivity index (χ1) is 9.56. The smallest absolute Gasteiger partial charge is 0.310 e. The molecule has 0 spiro atoms. The Balaban J connectivity index is 1.59. The lowest BCUT2D eigenvalue weighted by molar-refractivity contribution is -0.145. The minimum Gasteiger partial charge on any atom is -0.461 e. The molecule has 0 aromatic carbocycles. The molecule has 1 aromatic rings. The number of carbonyl (C=O) groups is 2. The van der Waals surface area contributed by atoms with Crippen molar-refractivity contribution in [3.05, 3.63) is 11.8 Å². The van der Waals surface area contributed by atoms with Gasteiger partial charge >= 0.3 is 5.97 Å². The number of nitrogens with one attached hydrogen (secondary N) is 1. The Morgan fingerprint density at radius 1 is 1.50 bits per heavy atom. The molecule has 0 radical (unpaired) electrons. The second-order valence-corrected chi connectivity index (χ2v) is 6.83. The number of nitrogens with zero attached hydrogens (tertiary/aromatic N) is 1. The molecule has 2 heterocycles. The highest BCUT2D eigenvalue weighted by atomic mass is 79.9. The monoisotopic (exact) mass is 340 g/mol. The summed E-state index contributed by atoms with van der Waals surface area (Å²) < 4.78 is 10.3. The first-order valence-electron chi connectivity index (χ1n) is 6.65. The summed E-state index contributed by atoms with van der Waals surface area (Å²) in [6.45, 7) is 1.76. The summed E-state index contributed by atoms with van der Waals surface area (Å²) in [6, 6.07) is 1.66. The van der Waals surface area contributed by atoms with Crippen molar-refractivity contribution in [1.82, 2.24) is 5.16 Å². The highest BCUT2D eigenvalue weighted by Gasteiger charge is 2.67. The average Bonchev–Trinajstić information content (AvgIpc) is 3.08. The molecule has 6 atom stereocenters. The first-order valence-corrected chi connectivity index (χ1v) is 7.56. The van der Waals surface area contributed by atoms with Gasteiger partial charge in [0.1, 0.15) is 11.9 Å². The minimum absolute atomic E-state index is 0.0594. The van der Waals surface area contributed by atoms with Gasteiger partial charge in [-0.05, 0) is 19.3 Å². The van der Waals surface area contributed by atoms with Crippen molar-refractivity contribution in [1.29, 1.82) is 0 Å². The molecule has 2 saturated carbocycles. The molecule has 1 N–H and O–H groups in total. The molecular formula is C13H13BrN2O4. The van der Waals surface area contributed by atoms with Gasteiger partial charge in [0.25, 0.3) is 0 Å². The normalized spacial score (nSPS) is 41.0. The number of aromatic nitrogens is 1. The summed E-state index contributed by atoms with van der Waals surface area (Å²) in [5, 5.41) is 6.49. The maximum Gasteiger partial charge on any atom is 0.310 e. The molecular weight excluding hydrogens is 328 g/mol. The van der Waals surface area contributed by atoms with Gasteiger partial charge in [0, 0.05) is 12.0 Å². The van der Waals surface area contributed by atoms with E-state index in [1.165, 1.54) is 0 Å². The van der Waals surface area contributed by atoms with E-state index >= 15 is 0 Å². The number of hydrogen-bond donors (Lipinski definition) is 1. The van der Waals surface area contributed by atoms with Gasteiger partial charge < -0.3 is 14.6 Å². The number of fused-ring (bicyclic) bond motifs is 1. The van der Waals surface area contributed by atoms with E-state index in [0.29, 0.717) is 11.6 Å². The molecule has 106 valence electrons. The summed E-state index contributed by atoms with van der Waals surface area (Å²) in [5.41, 5.74) is 0. The predicted octanol–water partition coefficient (Wildman–Crippen LogP) is 1.49. The van der Waals surface area contributed by atoms with Gasteiger partial charge in [-0.1, -0.05) is 21.1 Å². The van der Waals surface area contributed by atoms with E-state index in [1.54, 1.807) is 13.0 Å². The van der Waals surface area contributed by atoms with Gasteiger partial charge in [-0.25, -0.2) is 0 Å². The predicted molar refractivity (Wildman–Crippen MR) is 71.0 cm³/mol. The number of esters is 1. The standard InChI is InChI=1S/C13H13BrN2O4/c1-4-2-7(16-20-4)15-12(17)8-5-3-6-9(8)13(18)19-11(6)10(5)14/h2,5-6,8-11H,3H2,1H3,(H,15,16,17)/t5-,6-,8-,9+,10-,11+/m1/s1. The number of carbonyl (C=O) groups excluding carboxylic acids is 2. The number of amides is 1. The van der Waals surface area contributed by atoms with Gasteiger partial charge in [0.15, 0.2) is 5.82 Å². The molecule has 1 amide bonds. The van der Waals surface area contributed by atoms with Crippen LogP contribution >= 0.6 is 15.9 Å². The maximum absolute atomic E-state index is 12.5. The van der Waals surface area contributed by atoms with Crippen LogP contribution in [0.15, 0.2) is 10.6 Å². The molecule has 6 nitrogen and oxygen atoms in total. The molecule has 3 aliphatic rings. The fourth-order valence-corrected chi connectivity index (χ4v) is 5.01.